The van der Waals surface area contributed by atoms with Crippen molar-refractivity contribution in [3.8, 4) is 22.8 Å². The zero-order valence-corrected chi connectivity index (χ0v) is 19.3. The molecule has 0 aliphatic carbocycles. The third-order valence-electron chi connectivity index (χ3n) is 6.14. The van der Waals surface area contributed by atoms with Gasteiger partial charge in [0.25, 0.3) is 0 Å². The first-order chi connectivity index (χ1) is 15.5. The lowest BCUT2D eigenvalue weighted by atomic mass is 9.89. The van der Waals surface area contributed by atoms with Crippen LogP contribution in [-0.4, -0.2) is 36.2 Å². The molecule has 5 rings (SSSR count). The van der Waals surface area contributed by atoms with Crippen LogP contribution in [0.15, 0.2) is 54.6 Å². The minimum absolute atomic E-state index is 0.0912. The van der Waals surface area contributed by atoms with Gasteiger partial charge in [-0.15, -0.1) is 0 Å². The van der Waals surface area contributed by atoms with Crippen LogP contribution in [0.2, 0.25) is 0 Å². The molecule has 0 fully saturated rings. The summed E-state index contributed by atoms with van der Waals surface area (Å²) < 4.78 is 11.9. The Kier molecular flexibility index (Phi) is 5.48. The zero-order chi connectivity index (χ0) is 22.2. The lowest BCUT2D eigenvalue weighted by Gasteiger charge is -2.28. The van der Waals surface area contributed by atoms with Crippen LogP contribution in [0.3, 0.4) is 0 Å². The Morgan fingerprint density at radius 1 is 1.00 bits per heavy atom. The molecule has 2 heterocycles. The Bertz CT molecular complexity index is 1300. The number of hydrogen-bond donors (Lipinski definition) is 0. The molecule has 164 valence electrons. The molecule has 0 amide bonds. The highest BCUT2D eigenvalue weighted by atomic mass is 16.5. The van der Waals surface area contributed by atoms with Crippen LogP contribution in [0.5, 0.6) is 11.5 Å². The second-order valence-corrected chi connectivity index (χ2v) is 8.85. The molecule has 4 heteroatoms. The summed E-state index contributed by atoms with van der Waals surface area (Å²) in [4.78, 5) is 7.59. The number of pyridine rings is 1. The van der Waals surface area contributed by atoms with E-state index in [1.807, 2.05) is 26.8 Å². The Balaban J connectivity index is 1.75. The van der Waals surface area contributed by atoms with Crippen LogP contribution in [0, 0.1) is 0 Å². The van der Waals surface area contributed by atoms with E-state index < -0.39 is 0 Å². The third kappa shape index (κ3) is 3.69. The van der Waals surface area contributed by atoms with Gasteiger partial charge in [0.05, 0.1) is 23.9 Å². The highest BCUT2D eigenvalue weighted by Gasteiger charge is 2.23. The van der Waals surface area contributed by atoms with Crippen LogP contribution in [0.1, 0.15) is 31.9 Å². The van der Waals surface area contributed by atoms with E-state index in [4.69, 9.17) is 14.5 Å². The van der Waals surface area contributed by atoms with Crippen molar-refractivity contribution in [2.75, 3.05) is 20.2 Å². The van der Waals surface area contributed by atoms with Gasteiger partial charge in [-0.25, -0.2) is 4.98 Å². The molecule has 0 N–H and O–H groups in total. The first-order valence-corrected chi connectivity index (χ1v) is 11.5. The normalized spacial score (nSPS) is 14.2. The quantitative estimate of drug-likeness (QED) is 0.354. The molecule has 0 saturated carbocycles. The monoisotopic (exact) mass is 426 g/mol. The number of ether oxygens (including phenoxy) is 2. The van der Waals surface area contributed by atoms with Gasteiger partial charge in [0, 0.05) is 24.0 Å². The summed E-state index contributed by atoms with van der Waals surface area (Å²) in [5, 5.41) is 3.87. The summed E-state index contributed by atoms with van der Waals surface area (Å²) in [6.45, 7) is 8.61. The van der Waals surface area contributed by atoms with E-state index in [0.717, 1.165) is 47.8 Å². The number of likely N-dealkylation sites (N-methyl/N-ethyl adjacent to an activating group) is 1. The summed E-state index contributed by atoms with van der Waals surface area (Å²) in [5.41, 5.74) is 5.93. The third-order valence-corrected chi connectivity index (χ3v) is 6.14. The van der Waals surface area contributed by atoms with Gasteiger partial charge >= 0.3 is 0 Å². The fourth-order valence-electron chi connectivity index (χ4n) is 4.76. The minimum Gasteiger partial charge on any atom is -0.490 e. The van der Waals surface area contributed by atoms with Gasteiger partial charge in [0.1, 0.15) is 0 Å². The average molecular weight is 427 g/mol. The van der Waals surface area contributed by atoms with Crippen molar-refractivity contribution < 1.29 is 9.47 Å². The maximum atomic E-state index is 5.98. The van der Waals surface area contributed by atoms with E-state index in [-0.39, 0.29) is 6.10 Å². The summed E-state index contributed by atoms with van der Waals surface area (Å²) in [6, 6.07) is 19.2. The van der Waals surface area contributed by atoms with Crippen LogP contribution >= 0.6 is 0 Å². The molecule has 32 heavy (non-hydrogen) atoms. The molecule has 0 unspecified atom stereocenters. The Morgan fingerprint density at radius 3 is 2.66 bits per heavy atom. The fraction of sp³-hybridized carbons (Fsp3) is 0.321. The Morgan fingerprint density at radius 2 is 1.84 bits per heavy atom. The fourth-order valence-corrected chi connectivity index (χ4v) is 4.76. The lowest BCUT2D eigenvalue weighted by molar-refractivity contribution is 0.224. The number of benzene rings is 3. The van der Waals surface area contributed by atoms with Crippen LogP contribution in [0.25, 0.3) is 32.9 Å². The van der Waals surface area contributed by atoms with Gasteiger partial charge in [-0.3, -0.25) is 0 Å². The maximum absolute atomic E-state index is 5.98. The van der Waals surface area contributed by atoms with Gasteiger partial charge < -0.3 is 14.4 Å². The number of nitrogens with zero attached hydrogens (tertiary/aromatic N) is 2. The molecule has 3 aromatic carbocycles. The minimum atomic E-state index is 0.0912. The van der Waals surface area contributed by atoms with E-state index in [1.165, 1.54) is 27.3 Å². The molecule has 0 saturated heterocycles. The molecule has 4 nitrogen and oxygen atoms in total. The van der Waals surface area contributed by atoms with Crippen molar-refractivity contribution >= 4 is 21.7 Å². The predicted octanol–water partition coefficient (Wildman–Crippen LogP) is 6.23. The Labute approximate surface area is 189 Å². The SMILES string of the molecule is CCOc1cc(-c2nc3ccc4ccccc4c3c3c2CN(C)CC3)ccc1OC(C)C. The first kappa shape index (κ1) is 20.8. The second kappa shape index (κ2) is 8.44. The zero-order valence-electron chi connectivity index (χ0n) is 19.3. The number of hydrogen-bond acceptors (Lipinski definition) is 4. The van der Waals surface area contributed by atoms with Crippen molar-refractivity contribution in [1.82, 2.24) is 9.88 Å². The molecule has 0 spiro atoms. The maximum Gasteiger partial charge on any atom is 0.161 e. The number of fused-ring (bicyclic) bond motifs is 5. The second-order valence-electron chi connectivity index (χ2n) is 8.85. The molecule has 0 radical (unpaired) electrons. The van der Waals surface area contributed by atoms with Gasteiger partial charge in [-0.1, -0.05) is 30.3 Å². The first-order valence-electron chi connectivity index (χ1n) is 11.5. The van der Waals surface area contributed by atoms with Gasteiger partial charge in [0.15, 0.2) is 11.5 Å². The molecule has 1 aromatic heterocycles. The molecule has 1 aliphatic heterocycles. The highest BCUT2D eigenvalue weighted by Crippen LogP contribution is 2.39. The average Bonchev–Trinajstić information content (AvgIpc) is 2.79. The van der Waals surface area contributed by atoms with Gasteiger partial charge in [0.2, 0.25) is 0 Å². The molecule has 0 atom stereocenters. The lowest BCUT2D eigenvalue weighted by Crippen LogP contribution is -2.27. The largest absolute Gasteiger partial charge is 0.490 e. The van der Waals surface area contributed by atoms with Crippen LogP contribution in [-0.2, 0) is 13.0 Å². The number of aromatic nitrogens is 1. The topological polar surface area (TPSA) is 34.6 Å². The van der Waals surface area contributed by atoms with E-state index in [0.29, 0.717) is 6.61 Å². The molecular formula is C28H30N2O2. The standard InChI is InChI=1S/C28H30N2O2/c1-5-31-26-16-20(11-13-25(26)32-18(2)3)28-23-17-30(4)15-14-22(23)27-21-9-7-6-8-19(21)10-12-24(27)29-28/h6-13,16,18H,5,14-15,17H2,1-4H3. The van der Waals surface area contributed by atoms with E-state index in [9.17, 15) is 0 Å². The van der Waals surface area contributed by atoms with Crippen molar-refractivity contribution in [2.45, 2.75) is 39.8 Å². The molecule has 4 aromatic rings. The van der Waals surface area contributed by atoms with E-state index in [2.05, 4.69) is 60.5 Å². The van der Waals surface area contributed by atoms with Crippen LogP contribution < -0.4 is 9.47 Å². The van der Waals surface area contributed by atoms with Gasteiger partial charge in [-0.05, 0) is 80.4 Å². The highest BCUT2D eigenvalue weighted by molar-refractivity contribution is 6.09. The van der Waals surface area contributed by atoms with Gasteiger partial charge in [-0.2, -0.15) is 0 Å². The summed E-state index contributed by atoms with van der Waals surface area (Å²) in [5.74, 6) is 1.56. The molecule has 1 aliphatic rings. The van der Waals surface area contributed by atoms with E-state index >= 15 is 0 Å². The predicted molar refractivity (Wildman–Crippen MR) is 132 cm³/mol. The van der Waals surface area contributed by atoms with Crippen molar-refractivity contribution in [3.05, 3.63) is 65.7 Å². The van der Waals surface area contributed by atoms with Crippen molar-refractivity contribution in [3.63, 3.8) is 0 Å². The van der Waals surface area contributed by atoms with E-state index in [1.54, 1.807) is 0 Å². The summed E-state index contributed by atoms with van der Waals surface area (Å²) >= 11 is 0. The molecule has 0 bridgehead atoms. The number of rotatable bonds is 5. The van der Waals surface area contributed by atoms with Crippen molar-refractivity contribution in [2.24, 2.45) is 0 Å². The molecular weight excluding hydrogens is 396 g/mol. The van der Waals surface area contributed by atoms with Crippen molar-refractivity contribution in [1.29, 1.82) is 0 Å². The van der Waals surface area contributed by atoms with Crippen LogP contribution in [0.4, 0.5) is 0 Å². The smallest absolute Gasteiger partial charge is 0.161 e. The Hall–Kier alpha value is -3.11. The summed E-state index contributed by atoms with van der Waals surface area (Å²) in [6.07, 6.45) is 1.12. The summed E-state index contributed by atoms with van der Waals surface area (Å²) in [7, 11) is 2.19.